The van der Waals surface area contributed by atoms with E-state index >= 15 is 0 Å². The quantitative estimate of drug-likeness (QED) is 0.835. The summed E-state index contributed by atoms with van der Waals surface area (Å²) in [7, 11) is 0. The molecule has 0 aromatic carbocycles. The van der Waals surface area contributed by atoms with Gasteiger partial charge in [0.2, 0.25) is 5.56 Å². The topological polar surface area (TPSA) is 45.8 Å². The van der Waals surface area contributed by atoms with Crippen LogP contribution in [-0.2, 0) is 0 Å². The summed E-state index contributed by atoms with van der Waals surface area (Å²) in [6.45, 7) is 4.13. The number of aromatic amines is 1. The molecule has 0 saturated heterocycles. The van der Waals surface area contributed by atoms with E-state index in [9.17, 15) is 4.79 Å². The van der Waals surface area contributed by atoms with Gasteiger partial charge in [0.1, 0.15) is 0 Å². The Morgan fingerprint density at radius 1 is 1.12 bits per heavy atom. The van der Waals surface area contributed by atoms with E-state index in [0.717, 1.165) is 16.8 Å². The fourth-order valence-electron chi connectivity index (χ4n) is 1.73. The molecule has 0 amide bonds. The maximum Gasteiger partial charge on any atom is 0.248 e. The molecule has 1 N–H and O–H groups in total. The molecule has 16 heavy (non-hydrogen) atoms. The van der Waals surface area contributed by atoms with Crippen LogP contribution < -0.4 is 5.56 Å². The van der Waals surface area contributed by atoms with E-state index < -0.39 is 0 Å². The molecule has 0 atom stereocenters. The van der Waals surface area contributed by atoms with Gasteiger partial charge in [-0.2, -0.15) is 0 Å². The normalized spacial score (nSPS) is 10.7. The number of hydrogen-bond donors (Lipinski definition) is 1. The van der Waals surface area contributed by atoms with Crippen molar-refractivity contribution >= 4 is 0 Å². The smallest absolute Gasteiger partial charge is 0.248 e. The zero-order valence-electron chi connectivity index (χ0n) is 9.40. The lowest BCUT2D eigenvalue weighted by Gasteiger charge is -2.11. The van der Waals surface area contributed by atoms with Crippen LogP contribution in [0.5, 0.6) is 0 Å². The molecule has 0 bridgehead atoms. The van der Waals surface area contributed by atoms with Gasteiger partial charge in [0.25, 0.3) is 0 Å². The minimum Gasteiger partial charge on any atom is -0.325 e. The Morgan fingerprint density at radius 3 is 2.44 bits per heavy atom. The third-order valence-electron chi connectivity index (χ3n) is 2.52. The van der Waals surface area contributed by atoms with Crippen LogP contribution in [0.15, 0.2) is 41.5 Å². The molecular formula is C13H14N2O. The number of aromatic nitrogens is 2. The van der Waals surface area contributed by atoms with Gasteiger partial charge in [0.05, 0.1) is 0 Å². The van der Waals surface area contributed by atoms with Crippen molar-refractivity contribution in [1.29, 1.82) is 0 Å². The summed E-state index contributed by atoms with van der Waals surface area (Å²) in [5.41, 5.74) is 3.06. The second-order valence-corrected chi connectivity index (χ2v) is 4.04. The first-order valence-electron chi connectivity index (χ1n) is 5.32. The Kier molecular flexibility index (Phi) is 2.86. The Morgan fingerprint density at radius 2 is 1.81 bits per heavy atom. The molecule has 3 heteroatoms. The van der Waals surface area contributed by atoms with Crippen LogP contribution in [0.4, 0.5) is 0 Å². The van der Waals surface area contributed by atoms with E-state index in [1.807, 2.05) is 18.2 Å². The number of pyridine rings is 2. The van der Waals surface area contributed by atoms with Gasteiger partial charge in [-0.1, -0.05) is 13.8 Å². The number of hydrogen-bond acceptors (Lipinski definition) is 2. The van der Waals surface area contributed by atoms with Gasteiger partial charge >= 0.3 is 0 Å². The molecule has 2 aromatic heterocycles. The molecule has 0 spiro atoms. The van der Waals surface area contributed by atoms with Gasteiger partial charge < -0.3 is 4.98 Å². The van der Waals surface area contributed by atoms with E-state index in [4.69, 9.17) is 0 Å². The number of H-pyrrole nitrogens is 1. The molecule has 0 fully saturated rings. The summed E-state index contributed by atoms with van der Waals surface area (Å²) in [5, 5.41) is 0. The van der Waals surface area contributed by atoms with Gasteiger partial charge in [-0.3, -0.25) is 9.78 Å². The predicted octanol–water partition coefficient (Wildman–Crippen LogP) is 2.56. The van der Waals surface area contributed by atoms with Crippen molar-refractivity contribution in [3.8, 4) is 11.1 Å². The molecule has 3 nitrogen and oxygen atoms in total. The van der Waals surface area contributed by atoms with Gasteiger partial charge in [-0.25, -0.2) is 0 Å². The maximum atomic E-state index is 11.3. The van der Waals surface area contributed by atoms with Crippen molar-refractivity contribution in [2.75, 3.05) is 0 Å². The van der Waals surface area contributed by atoms with Crippen LogP contribution in [0.3, 0.4) is 0 Å². The van der Waals surface area contributed by atoms with E-state index in [1.165, 1.54) is 0 Å². The van der Waals surface area contributed by atoms with Crippen LogP contribution in [0.25, 0.3) is 11.1 Å². The zero-order chi connectivity index (χ0) is 11.5. The van der Waals surface area contributed by atoms with Crippen molar-refractivity contribution in [3.63, 3.8) is 0 Å². The summed E-state index contributed by atoms with van der Waals surface area (Å²) in [5.74, 6) is 0.289. The second kappa shape index (κ2) is 4.31. The van der Waals surface area contributed by atoms with Crippen LogP contribution in [0, 0.1) is 0 Å². The lowest BCUT2D eigenvalue weighted by atomic mass is 9.98. The lowest BCUT2D eigenvalue weighted by molar-refractivity contribution is 0.819. The summed E-state index contributed by atoms with van der Waals surface area (Å²) in [6, 6.07) is 7.31. The zero-order valence-corrected chi connectivity index (χ0v) is 9.40. The Labute approximate surface area is 94.2 Å². The number of rotatable bonds is 2. The third-order valence-corrected chi connectivity index (χ3v) is 2.52. The lowest BCUT2D eigenvalue weighted by Crippen LogP contribution is -2.09. The second-order valence-electron chi connectivity index (χ2n) is 4.04. The van der Waals surface area contributed by atoms with E-state index in [2.05, 4.69) is 23.8 Å². The molecule has 2 rings (SSSR count). The highest BCUT2D eigenvalue weighted by atomic mass is 16.1. The van der Waals surface area contributed by atoms with Crippen molar-refractivity contribution in [2.45, 2.75) is 19.8 Å². The van der Waals surface area contributed by atoms with Gasteiger partial charge in [-0.15, -0.1) is 0 Å². The van der Waals surface area contributed by atoms with Crippen molar-refractivity contribution in [2.24, 2.45) is 0 Å². The first-order chi connectivity index (χ1) is 7.68. The van der Waals surface area contributed by atoms with Crippen molar-refractivity contribution in [3.05, 3.63) is 52.7 Å². The highest BCUT2D eigenvalue weighted by molar-refractivity contribution is 5.65. The van der Waals surface area contributed by atoms with Crippen molar-refractivity contribution < 1.29 is 0 Å². The fraction of sp³-hybridized carbons (Fsp3) is 0.231. The maximum absolute atomic E-state index is 11.3. The summed E-state index contributed by atoms with van der Waals surface area (Å²) in [6.07, 6.45) is 3.51. The molecule has 2 aromatic rings. The number of nitrogens with one attached hydrogen (secondary N) is 1. The summed E-state index contributed by atoms with van der Waals surface area (Å²) < 4.78 is 0. The molecule has 82 valence electrons. The molecule has 0 aliphatic rings. The third kappa shape index (κ3) is 2.03. The first kappa shape index (κ1) is 10.6. The average molecular weight is 214 g/mol. The standard InChI is InChI=1S/C13H14N2O/c1-9(2)13-11(3-4-12(16)15-13)10-5-7-14-8-6-10/h3-9H,1-2H3,(H,15,16). The molecule has 0 aliphatic carbocycles. The first-order valence-corrected chi connectivity index (χ1v) is 5.32. The largest absolute Gasteiger partial charge is 0.325 e. The van der Waals surface area contributed by atoms with Gasteiger partial charge in [0, 0.05) is 29.7 Å². The van der Waals surface area contributed by atoms with Crippen molar-refractivity contribution in [1.82, 2.24) is 9.97 Å². The van der Waals surface area contributed by atoms with Crippen LogP contribution in [-0.4, -0.2) is 9.97 Å². The van der Waals surface area contributed by atoms with Crippen LogP contribution >= 0.6 is 0 Å². The monoisotopic (exact) mass is 214 g/mol. The van der Waals surface area contributed by atoms with E-state index in [1.54, 1.807) is 18.5 Å². The SMILES string of the molecule is CC(C)c1[nH]c(=O)ccc1-c1ccncc1. The molecular weight excluding hydrogens is 200 g/mol. The summed E-state index contributed by atoms with van der Waals surface area (Å²) in [4.78, 5) is 18.2. The molecule has 0 aliphatic heterocycles. The Bertz CT molecular complexity index is 529. The fourth-order valence-corrected chi connectivity index (χ4v) is 1.73. The Balaban J connectivity index is 2.61. The predicted molar refractivity (Wildman–Crippen MR) is 64.4 cm³/mol. The summed E-state index contributed by atoms with van der Waals surface area (Å²) >= 11 is 0. The highest BCUT2D eigenvalue weighted by Crippen LogP contribution is 2.25. The van der Waals surface area contributed by atoms with Gasteiger partial charge in [0.15, 0.2) is 0 Å². The minimum absolute atomic E-state index is 0.0542. The van der Waals surface area contributed by atoms with Crippen LogP contribution in [0.2, 0.25) is 0 Å². The molecule has 2 heterocycles. The average Bonchev–Trinajstić information content (AvgIpc) is 2.30. The Hall–Kier alpha value is -1.90. The minimum atomic E-state index is -0.0542. The highest BCUT2D eigenvalue weighted by Gasteiger charge is 2.08. The van der Waals surface area contributed by atoms with E-state index in [0.29, 0.717) is 0 Å². The number of nitrogens with zero attached hydrogens (tertiary/aromatic N) is 1. The molecule has 0 saturated carbocycles. The molecule has 0 radical (unpaired) electrons. The molecule has 0 unspecified atom stereocenters. The van der Waals surface area contributed by atoms with Crippen LogP contribution in [0.1, 0.15) is 25.5 Å². The van der Waals surface area contributed by atoms with Gasteiger partial charge in [-0.05, 0) is 29.7 Å². The van der Waals surface area contributed by atoms with E-state index in [-0.39, 0.29) is 11.5 Å².